The van der Waals surface area contributed by atoms with E-state index in [0.29, 0.717) is 23.3 Å². The molecule has 0 spiro atoms. The second-order valence-electron chi connectivity index (χ2n) is 7.29. The number of nitrogens with zero attached hydrogens (tertiary/aromatic N) is 2. The first-order valence-corrected chi connectivity index (χ1v) is 9.49. The second-order valence-corrected chi connectivity index (χ2v) is 7.29. The second kappa shape index (κ2) is 7.43. The van der Waals surface area contributed by atoms with Crippen molar-refractivity contribution in [2.24, 2.45) is 11.1 Å². The number of fused-ring (bicyclic) bond motifs is 1. The van der Waals surface area contributed by atoms with Crippen molar-refractivity contribution in [1.82, 2.24) is 9.97 Å². The molecule has 1 N–H and O–H groups in total. The minimum absolute atomic E-state index is 0.0179. The van der Waals surface area contributed by atoms with Crippen LogP contribution in [0.1, 0.15) is 63.4 Å². The van der Waals surface area contributed by atoms with Gasteiger partial charge in [-0.1, -0.05) is 30.8 Å². The molecule has 26 heavy (non-hydrogen) atoms. The summed E-state index contributed by atoms with van der Waals surface area (Å²) >= 11 is 0. The molecule has 2 saturated carbocycles. The molecule has 2 fully saturated rings. The van der Waals surface area contributed by atoms with Gasteiger partial charge in [-0.05, 0) is 50.0 Å². The molecule has 7 nitrogen and oxygen atoms in total. The number of aryl methyl sites for hydroxylation is 1. The van der Waals surface area contributed by atoms with Crippen molar-refractivity contribution >= 4 is 16.8 Å². The highest BCUT2D eigenvalue weighted by Gasteiger charge is 2.18. The SMILES string of the molecule is O=c1cc(CCC2CCCC2)c2c(=O)[nH]c(ON=C3CCCC3)nc2o1. The quantitative estimate of drug-likeness (QED) is 0.828. The summed E-state index contributed by atoms with van der Waals surface area (Å²) in [5, 5.41) is 4.38. The average molecular weight is 357 g/mol. The molecular formula is C19H23N3O4. The van der Waals surface area contributed by atoms with Crippen LogP contribution in [0.2, 0.25) is 0 Å². The molecule has 4 rings (SSSR count). The van der Waals surface area contributed by atoms with Gasteiger partial charge >= 0.3 is 11.6 Å². The van der Waals surface area contributed by atoms with Crippen LogP contribution in [0, 0.1) is 5.92 Å². The van der Waals surface area contributed by atoms with Crippen LogP contribution in [0.3, 0.4) is 0 Å². The molecule has 0 bridgehead atoms. The average Bonchev–Trinajstić information content (AvgIpc) is 3.31. The van der Waals surface area contributed by atoms with E-state index in [4.69, 9.17) is 9.25 Å². The minimum atomic E-state index is -0.495. The van der Waals surface area contributed by atoms with Gasteiger partial charge in [-0.25, -0.2) is 4.79 Å². The fraction of sp³-hybridized carbons (Fsp3) is 0.579. The van der Waals surface area contributed by atoms with E-state index in [1.165, 1.54) is 31.7 Å². The Morgan fingerprint density at radius 1 is 1.19 bits per heavy atom. The smallest absolute Gasteiger partial charge is 0.337 e. The molecule has 2 aromatic heterocycles. The molecular weight excluding hydrogens is 334 g/mol. The molecule has 0 amide bonds. The predicted octanol–water partition coefficient (Wildman–Crippen LogP) is 3.31. The van der Waals surface area contributed by atoms with Gasteiger partial charge in [0, 0.05) is 6.07 Å². The van der Waals surface area contributed by atoms with Gasteiger partial charge < -0.3 is 9.25 Å². The van der Waals surface area contributed by atoms with Crippen LogP contribution in [0.15, 0.2) is 25.2 Å². The molecule has 2 aliphatic rings. The summed E-state index contributed by atoms with van der Waals surface area (Å²) in [5.74, 6) is 0.675. The molecule has 2 aliphatic carbocycles. The standard InChI is InChI=1S/C19H23N3O4/c23-15-11-13(10-9-12-5-1-2-6-12)16-17(24)20-19(21-18(16)25-15)26-22-14-7-3-4-8-14/h11-12H,1-10H2,(H,20,21,24). The lowest BCUT2D eigenvalue weighted by molar-refractivity contribution is 0.309. The molecule has 7 heteroatoms. The zero-order valence-electron chi connectivity index (χ0n) is 14.8. The van der Waals surface area contributed by atoms with Gasteiger partial charge in [-0.3, -0.25) is 9.78 Å². The molecule has 0 aliphatic heterocycles. The number of rotatable bonds is 5. The zero-order valence-corrected chi connectivity index (χ0v) is 14.8. The first-order chi connectivity index (χ1) is 12.7. The number of aromatic nitrogens is 2. The monoisotopic (exact) mass is 357 g/mol. The summed E-state index contributed by atoms with van der Waals surface area (Å²) in [4.78, 5) is 36.5. The number of hydrogen-bond donors (Lipinski definition) is 1. The number of hydrogen-bond acceptors (Lipinski definition) is 6. The first kappa shape index (κ1) is 17.0. The molecule has 2 aromatic rings. The van der Waals surface area contributed by atoms with Gasteiger partial charge in [0.05, 0.1) is 5.71 Å². The highest BCUT2D eigenvalue weighted by atomic mass is 16.6. The Bertz CT molecular complexity index is 930. The van der Waals surface area contributed by atoms with Gasteiger partial charge in [-0.2, -0.15) is 4.98 Å². The normalized spacial score (nSPS) is 17.9. The third-order valence-electron chi connectivity index (χ3n) is 5.41. The maximum absolute atomic E-state index is 12.5. The van der Waals surface area contributed by atoms with Crippen molar-refractivity contribution in [3.63, 3.8) is 0 Å². The molecule has 138 valence electrons. The lowest BCUT2D eigenvalue weighted by atomic mass is 9.97. The van der Waals surface area contributed by atoms with Crippen molar-refractivity contribution in [3.8, 4) is 6.01 Å². The van der Waals surface area contributed by atoms with Crippen LogP contribution in [-0.2, 0) is 6.42 Å². The van der Waals surface area contributed by atoms with E-state index in [1.807, 2.05) is 0 Å². The van der Waals surface area contributed by atoms with Crippen LogP contribution in [0.25, 0.3) is 11.1 Å². The Morgan fingerprint density at radius 2 is 1.96 bits per heavy atom. The summed E-state index contributed by atoms with van der Waals surface area (Å²) in [6.07, 6.45) is 10.7. The zero-order chi connectivity index (χ0) is 17.9. The summed E-state index contributed by atoms with van der Waals surface area (Å²) < 4.78 is 5.15. The maximum atomic E-state index is 12.5. The molecule has 0 unspecified atom stereocenters. The van der Waals surface area contributed by atoms with E-state index < -0.39 is 5.63 Å². The van der Waals surface area contributed by atoms with E-state index in [-0.39, 0.29) is 17.3 Å². The molecule has 0 aromatic carbocycles. The maximum Gasteiger partial charge on any atom is 0.337 e. The van der Waals surface area contributed by atoms with Crippen molar-refractivity contribution in [3.05, 3.63) is 32.4 Å². The van der Waals surface area contributed by atoms with Gasteiger partial charge in [0.1, 0.15) is 5.39 Å². The lowest BCUT2D eigenvalue weighted by Crippen LogP contribution is -2.15. The van der Waals surface area contributed by atoms with E-state index >= 15 is 0 Å². The fourth-order valence-electron chi connectivity index (χ4n) is 4.01. The Labute approximate surface area is 150 Å². The van der Waals surface area contributed by atoms with Gasteiger partial charge in [0.25, 0.3) is 5.56 Å². The van der Waals surface area contributed by atoms with Crippen LogP contribution in [0.5, 0.6) is 6.01 Å². The molecule has 2 heterocycles. The van der Waals surface area contributed by atoms with Gasteiger partial charge in [0.15, 0.2) is 0 Å². The topological polar surface area (TPSA) is 97.5 Å². The van der Waals surface area contributed by atoms with Crippen molar-refractivity contribution in [2.45, 2.75) is 64.2 Å². The Balaban J connectivity index is 1.62. The third-order valence-corrected chi connectivity index (χ3v) is 5.41. The Hall–Kier alpha value is -2.44. The van der Waals surface area contributed by atoms with Crippen molar-refractivity contribution in [2.75, 3.05) is 0 Å². The molecule has 0 atom stereocenters. The van der Waals surface area contributed by atoms with E-state index in [9.17, 15) is 9.59 Å². The van der Waals surface area contributed by atoms with Gasteiger partial charge in [0.2, 0.25) is 5.71 Å². The summed E-state index contributed by atoms with van der Waals surface area (Å²) in [6.45, 7) is 0. The van der Waals surface area contributed by atoms with Crippen molar-refractivity contribution < 1.29 is 9.25 Å². The van der Waals surface area contributed by atoms with Crippen molar-refractivity contribution in [1.29, 1.82) is 0 Å². The van der Waals surface area contributed by atoms with E-state index in [0.717, 1.165) is 37.8 Å². The number of aromatic amines is 1. The Morgan fingerprint density at radius 3 is 2.73 bits per heavy atom. The van der Waals surface area contributed by atoms with Crippen LogP contribution in [-0.4, -0.2) is 15.7 Å². The Kier molecular flexibility index (Phi) is 4.86. The van der Waals surface area contributed by atoms with E-state index in [2.05, 4.69) is 15.1 Å². The summed E-state index contributed by atoms with van der Waals surface area (Å²) in [7, 11) is 0. The van der Waals surface area contributed by atoms with Gasteiger partial charge in [-0.15, -0.1) is 0 Å². The fourth-order valence-corrected chi connectivity index (χ4v) is 4.01. The minimum Gasteiger partial charge on any atom is -0.403 e. The highest BCUT2D eigenvalue weighted by molar-refractivity contribution is 5.85. The van der Waals surface area contributed by atoms with Crippen LogP contribution >= 0.6 is 0 Å². The summed E-state index contributed by atoms with van der Waals surface area (Å²) in [6, 6.07) is 1.37. The molecule has 0 radical (unpaired) electrons. The lowest BCUT2D eigenvalue weighted by Gasteiger charge is -2.09. The van der Waals surface area contributed by atoms with Crippen LogP contribution < -0.4 is 16.0 Å². The number of nitrogens with one attached hydrogen (secondary N) is 1. The van der Waals surface area contributed by atoms with E-state index in [1.54, 1.807) is 0 Å². The summed E-state index contributed by atoms with van der Waals surface area (Å²) in [5.41, 5.74) is 0.821. The highest BCUT2D eigenvalue weighted by Crippen LogP contribution is 2.29. The van der Waals surface area contributed by atoms with Crippen LogP contribution in [0.4, 0.5) is 0 Å². The third kappa shape index (κ3) is 3.71. The molecule has 0 saturated heterocycles. The largest absolute Gasteiger partial charge is 0.403 e. The first-order valence-electron chi connectivity index (χ1n) is 9.49. The number of H-pyrrole nitrogens is 1. The number of oxime groups is 1. The predicted molar refractivity (Wildman–Crippen MR) is 97.7 cm³/mol.